The van der Waals surface area contributed by atoms with Crippen LogP contribution in [0.3, 0.4) is 0 Å². The van der Waals surface area contributed by atoms with Crippen LogP contribution in [0.1, 0.15) is 47.3 Å². The Hall–Kier alpha value is -2.25. The van der Waals surface area contributed by atoms with Gasteiger partial charge in [0.15, 0.2) is 0 Å². The maximum absolute atomic E-state index is 13.6. The molecule has 2 aromatic heterocycles. The zero-order chi connectivity index (χ0) is 18.2. The van der Waals surface area contributed by atoms with Crippen LogP contribution < -0.4 is 0 Å². The molecule has 2 aromatic rings. The topological polar surface area (TPSA) is 74.4 Å². The number of nitrogens with zero attached hydrogens (tertiary/aromatic N) is 4. The number of pyridine rings is 1. The lowest BCUT2D eigenvalue weighted by molar-refractivity contribution is -0.140. The van der Waals surface area contributed by atoms with Crippen LogP contribution in [0.15, 0.2) is 24.5 Å². The molecular weight excluding hydrogens is 342 g/mol. The van der Waals surface area contributed by atoms with Crippen molar-refractivity contribution < 1.29 is 9.53 Å². The minimum absolute atomic E-state index is 0.165. The number of morpholine rings is 1. The molecule has 1 atom stereocenters. The number of aromatic amines is 1. The number of aromatic nitrogens is 3. The Morgan fingerprint density at radius 2 is 2.11 bits per heavy atom. The number of carbonyl (C=O) groups excluding carboxylic acids is 1. The number of hydrogen-bond acceptors (Lipinski definition) is 5. The normalized spacial score (nSPS) is 21.7. The second kappa shape index (κ2) is 7.05. The average molecular weight is 367 g/mol. The fourth-order valence-corrected chi connectivity index (χ4v) is 4.26. The highest BCUT2D eigenvalue weighted by atomic mass is 16.5. The van der Waals surface area contributed by atoms with Gasteiger partial charge < -0.3 is 9.64 Å². The molecule has 1 saturated carbocycles. The van der Waals surface area contributed by atoms with E-state index in [0.29, 0.717) is 25.7 Å². The van der Waals surface area contributed by atoms with Crippen LogP contribution in [0.2, 0.25) is 0 Å². The van der Waals surface area contributed by atoms with Crippen LogP contribution in [0.25, 0.3) is 0 Å². The lowest BCUT2D eigenvalue weighted by Gasteiger charge is -2.37. The van der Waals surface area contributed by atoms with Crippen molar-refractivity contribution >= 4 is 5.91 Å². The molecule has 4 heterocycles. The molecule has 5 rings (SSSR count). The molecule has 27 heavy (non-hydrogen) atoms. The van der Waals surface area contributed by atoms with Crippen LogP contribution in [0.4, 0.5) is 0 Å². The Labute approximate surface area is 158 Å². The molecule has 2 fully saturated rings. The van der Waals surface area contributed by atoms with Gasteiger partial charge in [-0.3, -0.25) is 19.8 Å². The molecule has 7 nitrogen and oxygen atoms in total. The molecule has 142 valence electrons. The van der Waals surface area contributed by atoms with Gasteiger partial charge in [0.05, 0.1) is 18.9 Å². The highest BCUT2D eigenvalue weighted by Gasteiger charge is 2.37. The Morgan fingerprint density at radius 3 is 2.85 bits per heavy atom. The van der Waals surface area contributed by atoms with E-state index in [0.717, 1.165) is 31.6 Å². The highest BCUT2D eigenvalue weighted by Crippen LogP contribution is 2.42. The predicted molar refractivity (Wildman–Crippen MR) is 99.1 cm³/mol. The summed E-state index contributed by atoms with van der Waals surface area (Å²) in [5.74, 6) is 0.756. The molecule has 0 radical (unpaired) electrons. The van der Waals surface area contributed by atoms with E-state index in [1.807, 2.05) is 23.2 Å². The van der Waals surface area contributed by atoms with E-state index < -0.39 is 0 Å². The second-order valence-electron chi connectivity index (χ2n) is 7.69. The van der Waals surface area contributed by atoms with Gasteiger partial charge in [-0.15, -0.1) is 0 Å². The molecule has 2 aliphatic heterocycles. The van der Waals surface area contributed by atoms with Crippen LogP contribution >= 0.6 is 0 Å². The number of ether oxygens (including phenoxy) is 1. The molecule has 1 amide bonds. The summed E-state index contributed by atoms with van der Waals surface area (Å²) in [7, 11) is 0. The van der Waals surface area contributed by atoms with Crippen molar-refractivity contribution in [3.63, 3.8) is 0 Å². The fraction of sp³-hybridized carbons (Fsp3) is 0.550. The molecule has 1 unspecified atom stereocenters. The third kappa shape index (κ3) is 3.26. The predicted octanol–water partition coefficient (Wildman–Crippen LogP) is 1.64. The van der Waals surface area contributed by atoms with Crippen LogP contribution in [-0.4, -0.2) is 63.7 Å². The summed E-state index contributed by atoms with van der Waals surface area (Å²) in [4.78, 5) is 22.1. The smallest absolute Gasteiger partial charge is 0.244 e. The largest absolute Gasteiger partial charge is 0.379 e. The van der Waals surface area contributed by atoms with Gasteiger partial charge in [-0.25, -0.2) is 0 Å². The third-order valence-electron chi connectivity index (χ3n) is 5.89. The van der Waals surface area contributed by atoms with Crippen molar-refractivity contribution in [1.29, 1.82) is 0 Å². The fourth-order valence-electron chi connectivity index (χ4n) is 4.26. The molecule has 0 aromatic carbocycles. The summed E-state index contributed by atoms with van der Waals surface area (Å²) in [6.07, 6.45) is 6.87. The van der Waals surface area contributed by atoms with Crippen LogP contribution in [0.5, 0.6) is 0 Å². The molecule has 1 N–H and O–H groups in total. The highest BCUT2D eigenvalue weighted by molar-refractivity contribution is 5.83. The van der Waals surface area contributed by atoms with Gasteiger partial charge in [0, 0.05) is 62.2 Å². The zero-order valence-corrected chi connectivity index (χ0v) is 15.4. The zero-order valence-electron chi connectivity index (χ0n) is 15.4. The van der Waals surface area contributed by atoms with Crippen molar-refractivity contribution in [2.24, 2.45) is 0 Å². The molecule has 1 aliphatic carbocycles. The van der Waals surface area contributed by atoms with Crippen molar-refractivity contribution in [2.45, 2.75) is 37.8 Å². The minimum Gasteiger partial charge on any atom is -0.379 e. The molecule has 0 spiro atoms. The van der Waals surface area contributed by atoms with Gasteiger partial charge in [0.1, 0.15) is 6.04 Å². The minimum atomic E-state index is -0.291. The lowest BCUT2D eigenvalue weighted by atomic mass is 10.00. The van der Waals surface area contributed by atoms with Gasteiger partial charge in [-0.05, 0) is 24.5 Å². The number of rotatable bonds is 4. The number of carbonyl (C=O) groups is 1. The SMILES string of the molecule is O=C(C(c1cccnc1)N1CCOCC1)N1CCc2[nH]nc(C3CC3)c2C1. The maximum Gasteiger partial charge on any atom is 0.244 e. The summed E-state index contributed by atoms with van der Waals surface area (Å²) < 4.78 is 5.50. The number of hydrogen-bond donors (Lipinski definition) is 1. The van der Waals surface area contributed by atoms with Gasteiger partial charge in [0.25, 0.3) is 0 Å². The molecule has 3 aliphatic rings. The first-order valence-electron chi connectivity index (χ1n) is 9.88. The quantitative estimate of drug-likeness (QED) is 0.889. The summed E-state index contributed by atoms with van der Waals surface area (Å²) in [6.45, 7) is 4.27. The van der Waals surface area contributed by atoms with Crippen LogP contribution in [-0.2, 0) is 22.5 Å². The monoisotopic (exact) mass is 367 g/mol. The summed E-state index contributed by atoms with van der Waals surface area (Å²) in [5.41, 5.74) is 4.62. The van der Waals surface area contributed by atoms with Crippen LogP contribution in [0, 0.1) is 0 Å². The van der Waals surface area contributed by atoms with Gasteiger partial charge in [-0.1, -0.05) is 6.07 Å². The number of nitrogens with one attached hydrogen (secondary N) is 1. The van der Waals surface area contributed by atoms with E-state index in [1.165, 1.54) is 29.8 Å². The Balaban J connectivity index is 1.42. The van der Waals surface area contributed by atoms with Crippen molar-refractivity contribution in [2.75, 3.05) is 32.8 Å². The summed E-state index contributed by atoms with van der Waals surface area (Å²) in [6, 6.07) is 3.62. The van der Waals surface area contributed by atoms with Gasteiger partial charge in [-0.2, -0.15) is 5.10 Å². The first kappa shape index (κ1) is 16.9. The number of amides is 1. The van der Waals surface area contributed by atoms with E-state index in [4.69, 9.17) is 4.74 Å². The maximum atomic E-state index is 13.6. The Morgan fingerprint density at radius 1 is 1.26 bits per heavy atom. The Kier molecular flexibility index (Phi) is 4.41. The first-order chi connectivity index (χ1) is 13.3. The summed E-state index contributed by atoms with van der Waals surface area (Å²) in [5, 5.41) is 7.75. The number of fused-ring (bicyclic) bond motifs is 1. The number of H-pyrrole nitrogens is 1. The van der Waals surface area contributed by atoms with E-state index in [1.54, 1.807) is 6.20 Å². The van der Waals surface area contributed by atoms with Crippen molar-refractivity contribution in [3.05, 3.63) is 47.0 Å². The van der Waals surface area contributed by atoms with Gasteiger partial charge >= 0.3 is 0 Å². The van der Waals surface area contributed by atoms with Gasteiger partial charge in [0.2, 0.25) is 5.91 Å². The average Bonchev–Trinajstić information content (AvgIpc) is 3.48. The molecule has 0 bridgehead atoms. The Bertz CT molecular complexity index is 811. The third-order valence-corrected chi connectivity index (χ3v) is 5.89. The first-order valence-corrected chi connectivity index (χ1v) is 9.88. The summed E-state index contributed by atoms with van der Waals surface area (Å²) >= 11 is 0. The standard InChI is InChI=1S/C20H25N5O2/c26-20(19(15-2-1-6-21-12-15)24-8-10-27-11-9-24)25-7-5-17-16(13-25)18(23-22-17)14-3-4-14/h1-2,6,12,14,19H,3-5,7-11,13H2,(H,22,23). The van der Waals surface area contributed by atoms with E-state index in [2.05, 4.69) is 20.1 Å². The van der Waals surface area contributed by atoms with E-state index >= 15 is 0 Å². The van der Waals surface area contributed by atoms with Crippen molar-refractivity contribution in [3.8, 4) is 0 Å². The van der Waals surface area contributed by atoms with Crippen molar-refractivity contribution in [1.82, 2.24) is 25.0 Å². The lowest BCUT2D eigenvalue weighted by Crippen LogP contribution is -2.48. The molecule has 7 heteroatoms. The molecular formula is C20H25N5O2. The molecule has 1 saturated heterocycles. The van der Waals surface area contributed by atoms with E-state index in [-0.39, 0.29) is 11.9 Å². The second-order valence-corrected chi connectivity index (χ2v) is 7.69. The van der Waals surface area contributed by atoms with E-state index in [9.17, 15) is 4.79 Å².